The molecule has 0 bridgehead atoms. The fraction of sp³-hybridized carbons (Fsp3) is 0. The number of furan rings is 1. The monoisotopic (exact) mass is 769 g/mol. The Hall–Kier alpha value is -7.46. The molecule has 0 atom stereocenters. The number of hydrogen-bond acceptors (Lipinski definition) is 3. The molecule has 0 saturated carbocycles. The second-order valence-corrected chi connectivity index (χ2v) is 16.3. The van der Waals surface area contributed by atoms with Crippen molar-refractivity contribution in [3.8, 4) is 33.4 Å². The molecule has 0 radical (unpaired) electrons. The van der Waals surface area contributed by atoms with E-state index < -0.39 is 0 Å². The summed E-state index contributed by atoms with van der Waals surface area (Å²) >= 11 is 1.86. The van der Waals surface area contributed by atoms with Crippen molar-refractivity contribution < 1.29 is 4.42 Å². The Labute approximate surface area is 345 Å². The van der Waals surface area contributed by atoms with Crippen molar-refractivity contribution in [2.45, 2.75) is 0 Å². The number of benzene rings is 10. The molecule has 10 aromatic carbocycles. The van der Waals surface area contributed by atoms with Gasteiger partial charge in [0.25, 0.3) is 0 Å². The van der Waals surface area contributed by atoms with Gasteiger partial charge in [-0.25, -0.2) is 0 Å². The average Bonchev–Trinajstić information content (AvgIpc) is 3.89. The largest absolute Gasteiger partial charge is 0.455 e. The fourth-order valence-electron chi connectivity index (χ4n) is 9.10. The summed E-state index contributed by atoms with van der Waals surface area (Å²) in [5.41, 5.74) is 12.2. The molecular formula is C56H35NOS. The highest BCUT2D eigenvalue weighted by Gasteiger charge is 2.21. The molecule has 0 aliphatic carbocycles. The van der Waals surface area contributed by atoms with Gasteiger partial charge in [-0.3, -0.25) is 0 Å². The minimum absolute atomic E-state index is 0.868. The molecule has 0 fully saturated rings. The molecular weight excluding hydrogens is 735 g/mol. The van der Waals surface area contributed by atoms with Crippen LogP contribution in [-0.2, 0) is 0 Å². The van der Waals surface area contributed by atoms with Crippen LogP contribution in [-0.4, -0.2) is 0 Å². The molecule has 0 aliphatic heterocycles. The van der Waals surface area contributed by atoms with Crippen molar-refractivity contribution in [1.82, 2.24) is 0 Å². The standard InChI is InChI=1S/C56H35NOS/c1-3-16-44-38(11-1)13-8-19-45(44)40-27-25-36(26-28-40)37-29-32-42(33-30-37)57(50-21-10-22-51-55(50)49-34-31-39-12-2-4-17-47(39)56(49)58-51)43-15-7-14-41(35-43)46-20-9-24-53-54(46)48-18-5-6-23-52(48)59-53/h1-35H. The highest BCUT2D eigenvalue weighted by molar-refractivity contribution is 7.25. The van der Waals surface area contributed by atoms with Crippen LogP contribution in [0.15, 0.2) is 217 Å². The zero-order chi connectivity index (χ0) is 38.9. The molecule has 12 aromatic rings. The zero-order valence-corrected chi connectivity index (χ0v) is 32.8. The summed E-state index contributed by atoms with van der Waals surface area (Å²) in [5, 5.41) is 9.61. The van der Waals surface area contributed by atoms with E-state index in [1.165, 1.54) is 69.7 Å². The molecule has 0 saturated heterocycles. The van der Waals surface area contributed by atoms with Gasteiger partial charge in [-0.15, -0.1) is 11.3 Å². The Balaban J connectivity index is 1.01. The van der Waals surface area contributed by atoms with E-state index in [9.17, 15) is 0 Å². The zero-order valence-electron chi connectivity index (χ0n) is 32.0. The maximum Gasteiger partial charge on any atom is 0.143 e. The molecule has 2 heterocycles. The molecule has 59 heavy (non-hydrogen) atoms. The summed E-state index contributed by atoms with van der Waals surface area (Å²) < 4.78 is 9.33. The summed E-state index contributed by atoms with van der Waals surface area (Å²) in [5.74, 6) is 0. The number of fused-ring (bicyclic) bond motifs is 9. The molecule has 0 aliphatic rings. The quantitative estimate of drug-likeness (QED) is 0.167. The van der Waals surface area contributed by atoms with Crippen molar-refractivity contribution in [3.63, 3.8) is 0 Å². The van der Waals surface area contributed by atoms with E-state index in [2.05, 4.69) is 217 Å². The van der Waals surface area contributed by atoms with Gasteiger partial charge >= 0.3 is 0 Å². The fourth-order valence-corrected chi connectivity index (χ4v) is 10.2. The Morgan fingerprint density at radius 1 is 0.356 bits per heavy atom. The SMILES string of the molecule is c1cc(-c2cccc3sc4ccccc4c23)cc(N(c2ccc(-c3ccc(-c4cccc5ccccc45)cc3)cc2)c2cccc3oc4c5ccccc5ccc4c23)c1. The lowest BCUT2D eigenvalue weighted by atomic mass is 9.96. The van der Waals surface area contributed by atoms with Crippen molar-refractivity contribution in [1.29, 1.82) is 0 Å². The van der Waals surface area contributed by atoms with Crippen LogP contribution < -0.4 is 4.90 Å². The van der Waals surface area contributed by atoms with E-state index in [0.29, 0.717) is 0 Å². The van der Waals surface area contributed by atoms with Crippen molar-refractivity contribution in [2.75, 3.05) is 4.90 Å². The number of hydrogen-bond donors (Lipinski definition) is 0. The highest BCUT2D eigenvalue weighted by atomic mass is 32.1. The Bertz CT molecular complexity index is 3550. The second kappa shape index (κ2) is 13.6. The average molecular weight is 770 g/mol. The van der Waals surface area contributed by atoms with Gasteiger partial charge in [0.15, 0.2) is 0 Å². The van der Waals surface area contributed by atoms with E-state index in [-0.39, 0.29) is 0 Å². The van der Waals surface area contributed by atoms with Gasteiger partial charge in [0.1, 0.15) is 11.2 Å². The summed E-state index contributed by atoms with van der Waals surface area (Å²) in [6, 6.07) is 76.9. The van der Waals surface area contributed by atoms with Gasteiger partial charge in [-0.1, -0.05) is 158 Å². The van der Waals surface area contributed by atoms with Crippen LogP contribution in [0.25, 0.3) is 97.0 Å². The summed E-state index contributed by atoms with van der Waals surface area (Å²) in [6.45, 7) is 0. The first-order valence-electron chi connectivity index (χ1n) is 20.1. The Morgan fingerprint density at radius 2 is 0.983 bits per heavy atom. The predicted octanol–water partition coefficient (Wildman–Crippen LogP) is 16.7. The van der Waals surface area contributed by atoms with E-state index in [0.717, 1.165) is 44.4 Å². The number of rotatable bonds is 6. The summed E-state index contributed by atoms with van der Waals surface area (Å²) in [6.07, 6.45) is 0. The third kappa shape index (κ3) is 5.55. The molecule has 0 N–H and O–H groups in total. The molecule has 0 unspecified atom stereocenters. The van der Waals surface area contributed by atoms with Crippen LogP contribution in [0.4, 0.5) is 17.1 Å². The molecule has 0 amide bonds. The minimum Gasteiger partial charge on any atom is -0.455 e. The van der Waals surface area contributed by atoms with Gasteiger partial charge in [0.05, 0.1) is 11.1 Å². The maximum atomic E-state index is 6.72. The van der Waals surface area contributed by atoms with Crippen molar-refractivity contribution >= 4 is 92.1 Å². The second-order valence-electron chi connectivity index (χ2n) is 15.2. The Morgan fingerprint density at radius 3 is 1.83 bits per heavy atom. The molecule has 3 heteroatoms. The minimum atomic E-state index is 0.868. The van der Waals surface area contributed by atoms with Crippen LogP contribution in [0.2, 0.25) is 0 Å². The van der Waals surface area contributed by atoms with E-state index in [4.69, 9.17) is 4.42 Å². The first-order valence-corrected chi connectivity index (χ1v) is 20.9. The van der Waals surface area contributed by atoms with Crippen LogP contribution in [0.3, 0.4) is 0 Å². The molecule has 0 spiro atoms. The lowest BCUT2D eigenvalue weighted by molar-refractivity contribution is 0.672. The van der Waals surface area contributed by atoms with Crippen LogP contribution in [0.1, 0.15) is 0 Å². The van der Waals surface area contributed by atoms with Gasteiger partial charge in [0.2, 0.25) is 0 Å². The summed E-state index contributed by atoms with van der Waals surface area (Å²) in [7, 11) is 0. The number of anilines is 3. The molecule has 276 valence electrons. The summed E-state index contributed by atoms with van der Waals surface area (Å²) in [4.78, 5) is 2.40. The number of nitrogens with zero attached hydrogens (tertiary/aromatic N) is 1. The third-order valence-corrected chi connectivity index (χ3v) is 13.0. The lowest BCUT2D eigenvalue weighted by Gasteiger charge is -2.27. The number of thiophene rings is 1. The van der Waals surface area contributed by atoms with E-state index >= 15 is 0 Å². The normalized spacial score (nSPS) is 11.7. The van der Waals surface area contributed by atoms with Crippen molar-refractivity contribution in [2.24, 2.45) is 0 Å². The van der Waals surface area contributed by atoms with Crippen LogP contribution >= 0.6 is 11.3 Å². The molecule has 2 nitrogen and oxygen atoms in total. The van der Waals surface area contributed by atoms with Gasteiger partial charge in [-0.05, 0) is 104 Å². The third-order valence-electron chi connectivity index (χ3n) is 11.9. The van der Waals surface area contributed by atoms with Crippen LogP contribution in [0.5, 0.6) is 0 Å². The molecule has 12 rings (SSSR count). The Kier molecular flexibility index (Phi) is 7.75. The highest BCUT2D eigenvalue weighted by Crippen LogP contribution is 2.46. The van der Waals surface area contributed by atoms with Crippen molar-refractivity contribution in [3.05, 3.63) is 212 Å². The van der Waals surface area contributed by atoms with Gasteiger partial charge < -0.3 is 9.32 Å². The van der Waals surface area contributed by atoms with E-state index in [1.807, 2.05) is 11.3 Å². The van der Waals surface area contributed by atoms with Gasteiger partial charge in [-0.2, -0.15) is 0 Å². The predicted molar refractivity (Wildman–Crippen MR) is 253 cm³/mol. The smallest absolute Gasteiger partial charge is 0.143 e. The van der Waals surface area contributed by atoms with Gasteiger partial charge in [0, 0.05) is 42.3 Å². The first-order chi connectivity index (χ1) is 29.2. The maximum absolute atomic E-state index is 6.72. The van der Waals surface area contributed by atoms with Crippen LogP contribution in [0, 0.1) is 0 Å². The lowest BCUT2D eigenvalue weighted by Crippen LogP contribution is -2.10. The topological polar surface area (TPSA) is 16.4 Å². The van der Waals surface area contributed by atoms with E-state index in [1.54, 1.807) is 0 Å². The molecule has 2 aromatic heterocycles. The first kappa shape index (κ1) is 33.7.